The van der Waals surface area contributed by atoms with Crippen LogP contribution in [0.5, 0.6) is 0 Å². The molecule has 4 rings (SSSR count). The number of nitrogens with two attached hydrogens (primary N) is 1. The van der Waals surface area contributed by atoms with Crippen LogP contribution in [0.3, 0.4) is 0 Å². The van der Waals surface area contributed by atoms with Gasteiger partial charge in [0.2, 0.25) is 0 Å². The third kappa shape index (κ3) is 2.46. The zero-order valence-electron chi connectivity index (χ0n) is 13.1. The van der Waals surface area contributed by atoms with Gasteiger partial charge >= 0.3 is 0 Å². The quantitative estimate of drug-likeness (QED) is 0.835. The molecule has 1 saturated heterocycles. The van der Waals surface area contributed by atoms with Crippen molar-refractivity contribution in [3.8, 4) is 11.3 Å². The van der Waals surface area contributed by atoms with E-state index in [1.54, 1.807) is 6.33 Å². The second-order valence-corrected chi connectivity index (χ2v) is 8.02. The Balaban J connectivity index is 1.71. The molecule has 7 nitrogen and oxygen atoms in total. The first-order valence-electron chi connectivity index (χ1n) is 8.04. The Morgan fingerprint density at radius 3 is 2.75 bits per heavy atom. The normalized spacial score (nSPS) is 27.5. The summed E-state index contributed by atoms with van der Waals surface area (Å²) in [5.41, 5.74) is 3.32. The van der Waals surface area contributed by atoms with Crippen LogP contribution in [0.1, 0.15) is 24.4 Å². The number of nitrogens with zero attached hydrogens (tertiary/aromatic N) is 3. The van der Waals surface area contributed by atoms with Crippen molar-refractivity contribution < 1.29 is 13.5 Å². The minimum absolute atomic E-state index is 0.0332. The Labute approximate surface area is 140 Å². The summed E-state index contributed by atoms with van der Waals surface area (Å²) in [6, 6.07) is 8.08. The van der Waals surface area contributed by atoms with Gasteiger partial charge in [-0.15, -0.1) is 0 Å². The molecule has 24 heavy (non-hydrogen) atoms. The van der Waals surface area contributed by atoms with Crippen molar-refractivity contribution in [3.05, 3.63) is 42.4 Å². The molecule has 1 aromatic heterocycles. The summed E-state index contributed by atoms with van der Waals surface area (Å²) in [6.07, 6.45) is 3.95. The second-order valence-electron chi connectivity index (χ2n) is 6.47. The van der Waals surface area contributed by atoms with E-state index in [2.05, 4.69) is 21.7 Å². The van der Waals surface area contributed by atoms with E-state index in [1.807, 2.05) is 18.3 Å². The third-order valence-electron chi connectivity index (χ3n) is 5.17. The van der Waals surface area contributed by atoms with Crippen LogP contribution in [0.25, 0.3) is 11.3 Å². The van der Waals surface area contributed by atoms with Gasteiger partial charge in [0.1, 0.15) is 0 Å². The monoisotopic (exact) mass is 348 g/mol. The maximum absolute atomic E-state index is 11.6. The molecular weight excluding hydrogens is 328 g/mol. The SMILES string of the molecule is NS(=O)(=O)N1CC[C@H]([C@H]2c3ccccc3-c3cncn32)[C@@H](O)CC1. The van der Waals surface area contributed by atoms with Crippen LogP contribution in [-0.2, 0) is 10.2 Å². The number of aromatic nitrogens is 2. The summed E-state index contributed by atoms with van der Waals surface area (Å²) in [7, 11) is -3.73. The van der Waals surface area contributed by atoms with Crippen molar-refractivity contribution >= 4 is 10.2 Å². The van der Waals surface area contributed by atoms with E-state index < -0.39 is 16.3 Å². The van der Waals surface area contributed by atoms with E-state index in [0.29, 0.717) is 19.4 Å². The van der Waals surface area contributed by atoms with Gasteiger partial charge in [0.15, 0.2) is 0 Å². The van der Waals surface area contributed by atoms with Gasteiger partial charge in [0.25, 0.3) is 10.2 Å². The number of aliphatic hydroxyl groups is 1. The van der Waals surface area contributed by atoms with E-state index >= 15 is 0 Å². The molecule has 3 heterocycles. The summed E-state index contributed by atoms with van der Waals surface area (Å²) >= 11 is 0. The fraction of sp³-hybridized carbons (Fsp3) is 0.438. The van der Waals surface area contributed by atoms with Crippen molar-refractivity contribution in [2.75, 3.05) is 13.1 Å². The summed E-state index contributed by atoms with van der Waals surface area (Å²) < 4.78 is 26.6. The Morgan fingerprint density at radius 1 is 1.21 bits per heavy atom. The topological polar surface area (TPSA) is 101 Å². The first-order valence-corrected chi connectivity index (χ1v) is 9.54. The van der Waals surface area contributed by atoms with Crippen molar-refractivity contribution in [2.45, 2.75) is 25.0 Å². The maximum atomic E-state index is 11.6. The van der Waals surface area contributed by atoms with Gasteiger partial charge in [-0.3, -0.25) is 0 Å². The van der Waals surface area contributed by atoms with Crippen LogP contribution in [0.2, 0.25) is 0 Å². The van der Waals surface area contributed by atoms with Crippen LogP contribution in [0, 0.1) is 5.92 Å². The summed E-state index contributed by atoms with van der Waals surface area (Å²) in [6.45, 7) is 0.574. The number of imidazole rings is 1. The fourth-order valence-corrected chi connectivity index (χ4v) is 4.74. The molecule has 0 saturated carbocycles. The molecule has 0 radical (unpaired) electrons. The highest BCUT2D eigenvalue weighted by molar-refractivity contribution is 7.86. The lowest BCUT2D eigenvalue weighted by Gasteiger charge is -2.28. The third-order valence-corrected chi connectivity index (χ3v) is 6.25. The standard InChI is InChI=1S/C16H20N4O3S/c17-24(22,23)19-7-5-13(15(21)6-8-19)16-12-4-2-1-3-11(12)14-9-18-10-20(14)16/h1-4,9-10,13,15-16,21H,5-8H2,(H2,17,22,23)/t13-,15-,16+/m0/s1. The lowest BCUT2D eigenvalue weighted by Crippen LogP contribution is -2.37. The van der Waals surface area contributed by atoms with Crippen molar-refractivity contribution in [3.63, 3.8) is 0 Å². The van der Waals surface area contributed by atoms with Gasteiger partial charge < -0.3 is 9.67 Å². The Hall–Kier alpha value is -1.74. The van der Waals surface area contributed by atoms with Crippen LogP contribution >= 0.6 is 0 Å². The van der Waals surface area contributed by atoms with E-state index in [4.69, 9.17) is 5.14 Å². The molecule has 2 aliphatic heterocycles. The van der Waals surface area contributed by atoms with Crippen molar-refractivity contribution in [1.82, 2.24) is 13.9 Å². The molecule has 8 heteroatoms. The molecule has 1 aromatic carbocycles. The molecule has 3 atom stereocenters. The zero-order valence-corrected chi connectivity index (χ0v) is 13.9. The second kappa shape index (κ2) is 5.66. The average molecular weight is 348 g/mol. The molecule has 128 valence electrons. The van der Waals surface area contributed by atoms with E-state index in [1.165, 1.54) is 4.31 Å². The number of rotatable bonds is 2. The predicted molar refractivity (Wildman–Crippen MR) is 89.2 cm³/mol. The van der Waals surface area contributed by atoms with Gasteiger partial charge in [-0.25, -0.2) is 10.1 Å². The molecule has 0 spiro atoms. The van der Waals surface area contributed by atoms with Gasteiger partial charge in [0.05, 0.1) is 30.4 Å². The van der Waals surface area contributed by atoms with Crippen LogP contribution in [0.15, 0.2) is 36.8 Å². The van der Waals surface area contributed by atoms with Crippen LogP contribution in [-0.4, -0.2) is 46.6 Å². The molecule has 0 amide bonds. The highest BCUT2D eigenvalue weighted by atomic mass is 32.2. The van der Waals surface area contributed by atoms with Crippen molar-refractivity contribution in [2.24, 2.45) is 11.1 Å². The number of benzene rings is 1. The largest absolute Gasteiger partial charge is 0.393 e. The molecule has 2 aliphatic rings. The Bertz CT molecular complexity index is 864. The molecule has 0 bridgehead atoms. The van der Waals surface area contributed by atoms with E-state index in [9.17, 15) is 13.5 Å². The first kappa shape index (κ1) is 15.8. The van der Waals surface area contributed by atoms with Gasteiger partial charge in [0, 0.05) is 24.6 Å². The molecule has 3 N–H and O–H groups in total. The lowest BCUT2D eigenvalue weighted by atomic mass is 9.85. The minimum atomic E-state index is -3.73. The van der Waals surface area contributed by atoms with Crippen LogP contribution < -0.4 is 5.14 Å². The number of hydrogen-bond donors (Lipinski definition) is 2. The predicted octanol–water partition coefficient (Wildman–Crippen LogP) is 0.729. The van der Waals surface area contributed by atoms with E-state index in [0.717, 1.165) is 16.8 Å². The fourth-order valence-electron chi connectivity index (χ4n) is 4.02. The number of fused-ring (bicyclic) bond motifs is 3. The maximum Gasteiger partial charge on any atom is 0.276 e. The molecule has 0 aliphatic carbocycles. The minimum Gasteiger partial charge on any atom is -0.393 e. The highest BCUT2D eigenvalue weighted by Gasteiger charge is 2.39. The summed E-state index contributed by atoms with van der Waals surface area (Å²) in [5, 5.41) is 15.9. The van der Waals surface area contributed by atoms with Gasteiger partial charge in [-0.05, 0) is 18.4 Å². The lowest BCUT2D eigenvalue weighted by molar-refractivity contribution is 0.0836. The average Bonchev–Trinajstić information content (AvgIpc) is 3.05. The van der Waals surface area contributed by atoms with Crippen molar-refractivity contribution in [1.29, 1.82) is 0 Å². The molecule has 2 aromatic rings. The molecular formula is C16H20N4O3S. The number of hydrogen-bond acceptors (Lipinski definition) is 4. The highest BCUT2D eigenvalue weighted by Crippen LogP contribution is 2.45. The molecule has 1 fully saturated rings. The van der Waals surface area contributed by atoms with E-state index in [-0.39, 0.29) is 18.5 Å². The van der Waals surface area contributed by atoms with Gasteiger partial charge in [-0.1, -0.05) is 24.3 Å². The van der Waals surface area contributed by atoms with Crippen LogP contribution in [0.4, 0.5) is 0 Å². The summed E-state index contributed by atoms with van der Waals surface area (Å²) in [4.78, 5) is 4.25. The zero-order chi connectivity index (χ0) is 16.9. The van der Waals surface area contributed by atoms with Gasteiger partial charge in [-0.2, -0.15) is 12.7 Å². The number of aliphatic hydroxyl groups excluding tert-OH is 1. The molecule has 0 unspecified atom stereocenters. The smallest absolute Gasteiger partial charge is 0.276 e. The summed E-state index contributed by atoms with van der Waals surface area (Å²) in [5.74, 6) is -0.0895. The Morgan fingerprint density at radius 2 is 1.96 bits per heavy atom. The Kier molecular flexibility index (Phi) is 3.72. The first-order chi connectivity index (χ1) is 11.5.